The van der Waals surface area contributed by atoms with Gasteiger partial charge in [-0.05, 0) is 55.3 Å². The minimum Gasteiger partial charge on any atom is -0.493 e. The lowest BCUT2D eigenvalue weighted by atomic mass is 9.96. The number of carbonyl (C=O) groups is 1. The van der Waals surface area contributed by atoms with Crippen molar-refractivity contribution in [3.8, 4) is 11.5 Å². The molecular formula is C31H26ClFN2O5S. The third-order valence-corrected chi connectivity index (χ3v) is 7.89. The Balaban J connectivity index is 1.53. The van der Waals surface area contributed by atoms with Gasteiger partial charge in [-0.2, -0.15) is 0 Å². The van der Waals surface area contributed by atoms with Crippen LogP contribution in [0.2, 0.25) is 5.02 Å². The normalized spacial score (nSPS) is 14.9. The molecule has 0 unspecified atom stereocenters. The van der Waals surface area contributed by atoms with Crippen LogP contribution in [-0.4, -0.2) is 24.3 Å². The fraction of sp³-hybridized carbons (Fsp3) is 0.194. The van der Waals surface area contributed by atoms with Crippen LogP contribution >= 0.6 is 22.9 Å². The summed E-state index contributed by atoms with van der Waals surface area (Å²) in [5, 5.41) is 0.270. The van der Waals surface area contributed by atoms with Gasteiger partial charge >= 0.3 is 5.97 Å². The zero-order valence-corrected chi connectivity index (χ0v) is 24.1. The number of hydrogen-bond donors (Lipinski definition) is 0. The molecule has 5 rings (SSSR count). The van der Waals surface area contributed by atoms with E-state index in [-0.39, 0.29) is 29.4 Å². The molecule has 10 heteroatoms. The van der Waals surface area contributed by atoms with Crippen LogP contribution in [0, 0.1) is 5.82 Å². The lowest BCUT2D eigenvalue weighted by Gasteiger charge is -2.24. The van der Waals surface area contributed by atoms with Crippen LogP contribution in [0.5, 0.6) is 11.5 Å². The fourth-order valence-electron chi connectivity index (χ4n) is 4.61. The molecule has 0 saturated carbocycles. The van der Waals surface area contributed by atoms with Gasteiger partial charge in [-0.15, -0.1) is 0 Å². The standard InChI is InChI=1S/C31H26ClFN2O5S/c1-4-39-30(37)27-18(2)34-31-35(28(27)20-9-6-5-7-10-20)29(36)26(41-31)16-19-13-14-24(25(15-19)38-3)40-17-21-22(32)11-8-12-23(21)33/h5-16,28H,4,17H2,1-3H3/t28-/m1/s1. The predicted molar refractivity (Wildman–Crippen MR) is 156 cm³/mol. The maximum Gasteiger partial charge on any atom is 0.338 e. The van der Waals surface area contributed by atoms with E-state index in [1.165, 1.54) is 35.1 Å². The van der Waals surface area contributed by atoms with E-state index < -0.39 is 17.8 Å². The van der Waals surface area contributed by atoms with Gasteiger partial charge in [-0.1, -0.05) is 65.4 Å². The molecule has 1 aliphatic heterocycles. The zero-order valence-electron chi connectivity index (χ0n) is 22.5. The Kier molecular flexibility index (Phi) is 8.37. The lowest BCUT2D eigenvalue weighted by Crippen LogP contribution is -2.39. The number of carbonyl (C=O) groups excluding carboxylic acids is 1. The Hall–Kier alpha value is -4.21. The number of aromatic nitrogens is 1. The number of fused-ring (bicyclic) bond motifs is 1. The SMILES string of the molecule is CCOC(=O)C1=C(C)N=c2sc(=Cc3ccc(OCc4c(F)cccc4Cl)c(OC)c3)c(=O)n2[C@@H]1c1ccccc1. The van der Waals surface area contributed by atoms with Crippen LogP contribution in [0.1, 0.15) is 36.6 Å². The van der Waals surface area contributed by atoms with Gasteiger partial charge in [0.2, 0.25) is 0 Å². The molecule has 3 aromatic carbocycles. The fourth-order valence-corrected chi connectivity index (χ4v) is 5.87. The maximum absolute atomic E-state index is 14.2. The molecule has 0 radical (unpaired) electrons. The summed E-state index contributed by atoms with van der Waals surface area (Å²) in [5.41, 5.74) is 2.24. The summed E-state index contributed by atoms with van der Waals surface area (Å²) in [5.74, 6) is -0.168. The van der Waals surface area contributed by atoms with E-state index in [0.717, 1.165) is 5.56 Å². The van der Waals surface area contributed by atoms with E-state index in [0.29, 0.717) is 37.7 Å². The van der Waals surface area contributed by atoms with Crippen molar-refractivity contribution in [3.63, 3.8) is 0 Å². The van der Waals surface area contributed by atoms with Crippen molar-refractivity contribution in [1.82, 2.24) is 4.57 Å². The van der Waals surface area contributed by atoms with Gasteiger partial charge in [-0.25, -0.2) is 14.2 Å². The van der Waals surface area contributed by atoms with Crippen LogP contribution in [0.3, 0.4) is 0 Å². The number of allylic oxidation sites excluding steroid dienone is 1. The summed E-state index contributed by atoms with van der Waals surface area (Å²) in [7, 11) is 1.50. The number of ether oxygens (including phenoxy) is 3. The Morgan fingerprint density at radius 2 is 1.90 bits per heavy atom. The van der Waals surface area contributed by atoms with Gasteiger partial charge in [0.15, 0.2) is 16.3 Å². The number of halogens is 2. The topological polar surface area (TPSA) is 79.1 Å². The number of hydrogen-bond acceptors (Lipinski definition) is 7. The van der Waals surface area contributed by atoms with Crippen molar-refractivity contribution >= 4 is 35.0 Å². The first-order chi connectivity index (χ1) is 19.8. The summed E-state index contributed by atoms with van der Waals surface area (Å²) in [6.45, 7) is 3.61. The highest BCUT2D eigenvalue weighted by molar-refractivity contribution is 7.07. The first-order valence-electron chi connectivity index (χ1n) is 12.8. The van der Waals surface area contributed by atoms with Crippen LogP contribution in [0.4, 0.5) is 4.39 Å². The molecule has 1 aromatic heterocycles. The number of thiazole rings is 1. The summed E-state index contributed by atoms with van der Waals surface area (Å²) >= 11 is 7.35. The Morgan fingerprint density at radius 3 is 2.61 bits per heavy atom. The first kappa shape index (κ1) is 28.3. The number of nitrogens with zero attached hydrogens (tertiary/aromatic N) is 2. The average Bonchev–Trinajstić information content (AvgIpc) is 3.26. The molecule has 4 aromatic rings. The quantitative estimate of drug-likeness (QED) is 0.264. The van der Waals surface area contributed by atoms with Crippen molar-refractivity contribution < 1.29 is 23.4 Å². The molecule has 210 valence electrons. The molecule has 0 spiro atoms. The van der Waals surface area contributed by atoms with E-state index >= 15 is 0 Å². The van der Waals surface area contributed by atoms with Crippen LogP contribution < -0.4 is 24.4 Å². The first-order valence-corrected chi connectivity index (χ1v) is 14.0. The van der Waals surface area contributed by atoms with Crippen LogP contribution in [0.15, 0.2) is 87.8 Å². The monoisotopic (exact) mass is 592 g/mol. The predicted octanol–water partition coefficient (Wildman–Crippen LogP) is 5.18. The number of rotatable bonds is 8. The number of methoxy groups -OCH3 is 1. The second-order valence-corrected chi connectivity index (χ2v) is 10.5. The summed E-state index contributed by atoms with van der Waals surface area (Å²) < 4.78 is 32.8. The smallest absolute Gasteiger partial charge is 0.338 e. The van der Waals surface area contributed by atoms with E-state index in [9.17, 15) is 14.0 Å². The molecular weight excluding hydrogens is 567 g/mol. The third kappa shape index (κ3) is 5.68. The molecule has 0 bridgehead atoms. The largest absolute Gasteiger partial charge is 0.493 e. The van der Waals surface area contributed by atoms with Gasteiger partial charge in [-0.3, -0.25) is 9.36 Å². The summed E-state index contributed by atoms with van der Waals surface area (Å²) in [6, 6.07) is 18.3. The highest BCUT2D eigenvalue weighted by Crippen LogP contribution is 2.32. The zero-order chi connectivity index (χ0) is 29.1. The van der Waals surface area contributed by atoms with Crippen molar-refractivity contribution in [1.29, 1.82) is 0 Å². The molecule has 0 saturated heterocycles. The highest BCUT2D eigenvalue weighted by Gasteiger charge is 2.33. The maximum atomic E-state index is 14.2. The minimum atomic E-state index is -0.677. The molecule has 0 amide bonds. The molecule has 1 aliphatic rings. The second-order valence-electron chi connectivity index (χ2n) is 9.11. The van der Waals surface area contributed by atoms with Gasteiger partial charge in [0.1, 0.15) is 12.4 Å². The van der Waals surface area contributed by atoms with Crippen molar-refractivity contribution in [2.24, 2.45) is 4.99 Å². The van der Waals surface area contributed by atoms with Crippen molar-refractivity contribution in [2.75, 3.05) is 13.7 Å². The van der Waals surface area contributed by atoms with E-state index in [2.05, 4.69) is 4.99 Å². The summed E-state index contributed by atoms with van der Waals surface area (Å²) in [4.78, 5) is 31.8. The minimum absolute atomic E-state index is 0.0819. The van der Waals surface area contributed by atoms with Crippen molar-refractivity contribution in [3.05, 3.63) is 125 Å². The number of esters is 1. The Labute approximate surface area is 244 Å². The van der Waals surface area contributed by atoms with E-state index in [1.54, 1.807) is 44.2 Å². The average molecular weight is 593 g/mol. The molecule has 0 N–H and O–H groups in total. The highest BCUT2D eigenvalue weighted by atomic mass is 35.5. The Bertz CT molecular complexity index is 1810. The second kappa shape index (κ2) is 12.1. The molecule has 7 nitrogen and oxygen atoms in total. The van der Waals surface area contributed by atoms with Gasteiger partial charge in [0, 0.05) is 5.56 Å². The van der Waals surface area contributed by atoms with Gasteiger partial charge in [0.25, 0.3) is 5.56 Å². The lowest BCUT2D eigenvalue weighted by molar-refractivity contribution is -0.139. The molecule has 0 fully saturated rings. The molecule has 2 heterocycles. The molecule has 0 aliphatic carbocycles. The van der Waals surface area contributed by atoms with Gasteiger partial charge < -0.3 is 14.2 Å². The molecule has 41 heavy (non-hydrogen) atoms. The third-order valence-electron chi connectivity index (χ3n) is 6.55. The number of benzene rings is 3. The van der Waals surface area contributed by atoms with Crippen LogP contribution in [-0.2, 0) is 16.1 Å². The summed E-state index contributed by atoms with van der Waals surface area (Å²) in [6.07, 6.45) is 1.73. The van der Waals surface area contributed by atoms with Gasteiger partial charge in [0.05, 0.1) is 40.6 Å². The van der Waals surface area contributed by atoms with Crippen LogP contribution in [0.25, 0.3) is 6.08 Å². The van der Waals surface area contributed by atoms with Crippen molar-refractivity contribution in [2.45, 2.75) is 26.5 Å². The Morgan fingerprint density at radius 1 is 1.12 bits per heavy atom. The molecule has 1 atom stereocenters. The van der Waals surface area contributed by atoms with E-state index in [1.807, 2.05) is 30.3 Å². The van der Waals surface area contributed by atoms with E-state index in [4.69, 9.17) is 25.8 Å².